The Balaban J connectivity index is 0.00000144. The van der Waals surface area contributed by atoms with Gasteiger partial charge in [-0.15, -0.1) is 12.4 Å². The first-order valence-electron chi connectivity index (χ1n) is 3.43. The van der Waals surface area contributed by atoms with Gasteiger partial charge in [0.05, 0.1) is 7.11 Å². The average Bonchev–Trinajstić information content (AvgIpc) is 2.17. The molecule has 1 rings (SSSR count). The predicted molar refractivity (Wildman–Crippen MR) is 51.9 cm³/mol. The Morgan fingerprint density at radius 2 is 2.23 bits per heavy atom. The van der Waals surface area contributed by atoms with E-state index in [-0.39, 0.29) is 18.3 Å². The molecule has 0 bridgehead atoms. The van der Waals surface area contributed by atoms with Crippen molar-refractivity contribution in [2.45, 2.75) is 0 Å². The Hall–Kier alpha value is -1.26. The zero-order valence-electron chi connectivity index (χ0n) is 7.11. The third-order valence-electron chi connectivity index (χ3n) is 1.46. The molecule has 0 aromatic heterocycles. The van der Waals surface area contributed by atoms with Crippen LogP contribution in [0.1, 0.15) is 10.4 Å². The number of benzene rings is 1. The van der Waals surface area contributed by atoms with Crippen LogP contribution >= 0.6 is 12.4 Å². The summed E-state index contributed by atoms with van der Waals surface area (Å²) in [6.07, 6.45) is 0. The number of halogens is 1. The molecule has 0 aliphatic rings. The number of rotatable bonds is 2. The van der Waals surface area contributed by atoms with Crippen molar-refractivity contribution in [1.29, 1.82) is 0 Å². The first-order chi connectivity index (χ1) is 5.77. The Morgan fingerprint density at radius 1 is 1.54 bits per heavy atom. The number of amides is 1. The highest BCUT2D eigenvalue weighted by Crippen LogP contribution is 2.11. The van der Waals surface area contributed by atoms with Gasteiger partial charge in [-0.1, -0.05) is 6.07 Å². The molecular formula is C8H11ClN2O2. The monoisotopic (exact) mass is 202 g/mol. The molecule has 0 fully saturated rings. The predicted octanol–water partition coefficient (Wildman–Crippen LogP) is 0.720. The number of methoxy groups -OCH3 is 1. The highest BCUT2D eigenvalue weighted by molar-refractivity contribution is 5.94. The summed E-state index contributed by atoms with van der Waals surface area (Å²) in [6.45, 7) is 0. The number of ether oxygens (including phenoxy) is 1. The van der Waals surface area contributed by atoms with E-state index in [4.69, 9.17) is 10.6 Å². The van der Waals surface area contributed by atoms with E-state index in [0.29, 0.717) is 11.3 Å². The summed E-state index contributed by atoms with van der Waals surface area (Å²) < 4.78 is 4.93. The van der Waals surface area contributed by atoms with Gasteiger partial charge in [0.2, 0.25) is 0 Å². The van der Waals surface area contributed by atoms with Crippen molar-refractivity contribution in [1.82, 2.24) is 5.43 Å². The number of hydrogen-bond acceptors (Lipinski definition) is 3. The Kier molecular flexibility index (Phi) is 4.87. The van der Waals surface area contributed by atoms with Crippen LogP contribution in [-0.4, -0.2) is 13.0 Å². The van der Waals surface area contributed by atoms with Crippen LogP contribution in [0.15, 0.2) is 24.3 Å². The van der Waals surface area contributed by atoms with Crippen molar-refractivity contribution in [3.05, 3.63) is 29.8 Å². The van der Waals surface area contributed by atoms with Crippen LogP contribution < -0.4 is 16.0 Å². The number of nitrogen functional groups attached to an aromatic ring is 1. The van der Waals surface area contributed by atoms with Crippen LogP contribution in [0.25, 0.3) is 0 Å². The van der Waals surface area contributed by atoms with E-state index in [9.17, 15) is 4.79 Å². The Labute approximate surface area is 82.4 Å². The van der Waals surface area contributed by atoms with Crippen LogP contribution in [0.4, 0.5) is 0 Å². The minimum Gasteiger partial charge on any atom is -0.497 e. The van der Waals surface area contributed by atoms with E-state index in [1.165, 1.54) is 0 Å². The Bertz CT molecular complexity index is 291. The van der Waals surface area contributed by atoms with Crippen LogP contribution in [0.3, 0.4) is 0 Å². The van der Waals surface area contributed by atoms with Gasteiger partial charge in [-0.3, -0.25) is 10.2 Å². The molecule has 4 nitrogen and oxygen atoms in total. The second-order valence-electron chi connectivity index (χ2n) is 2.21. The number of nitrogens with one attached hydrogen (secondary N) is 1. The minimum atomic E-state index is -0.325. The summed E-state index contributed by atoms with van der Waals surface area (Å²) in [5, 5.41) is 0. The van der Waals surface area contributed by atoms with Crippen molar-refractivity contribution >= 4 is 18.3 Å². The van der Waals surface area contributed by atoms with Gasteiger partial charge in [-0.05, 0) is 18.2 Å². The van der Waals surface area contributed by atoms with Gasteiger partial charge in [-0.25, -0.2) is 5.84 Å². The largest absolute Gasteiger partial charge is 0.497 e. The summed E-state index contributed by atoms with van der Waals surface area (Å²) in [4.78, 5) is 11.0. The van der Waals surface area contributed by atoms with E-state index >= 15 is 0 Å². The molecule has 13 heavy (non-hydrogen) atoms. The molecule has 0 saturated carbocycles. The molecule has 0 radical (unpaired) electrons. The van der Waals surface area contributed by atoms with Crippen LogP contribution in [-0.2, 0) is 0 Å². The Morgan fingerprint density at radius 3 is 2.77 bits per heavy atom. The molecule has 0 heterocycles. The van der Waals surface area contributed by atoms with Gasteiger partial charge in [0.15, 0.2) is 0 Å². The molecule has 0 saturated heterocycles. The first-order valence-corrected chi connectivity index (χ1v) is 3.43. The van der Waals surface area contributed by atoms with Gasteiger partial charge >= 0.3 is 0 Å². The maximum atomic E-state index is 11.0. The fraction of sp³-hybridized carbons (Fsp3) is 0.125. The molecule has 1 amide bonds. The molecule has 72 valence electrons. The molecular weight excluding hydrogens is 192 g/mol. The topological polar surface area (TPSA) is 64.3 Å². The molecule has 0 unspecified atom stereocenters. The number of carbonyl (C=O) groups is 1. The third-order valence-corrected chi connectivity index (χ3v) is 1.46. The second kappa shape index (κ2) is 5.40. The summed E-state index contributed by atoms with van der Waals surface area (Å²) in [7, 11) is 1.54. The van der Waals surface area contributed by atoms with Gasteiger partial charge < -0.3 is 4.74 Å². The summed E-state index contributed by atoms with van der Waals surface area (Å²) in [6, 6.07) is 6.75. The van der Waals surface area contributed by atoms with Crippen LogP contribution in [0, 0.1) is 0 Å². The number of carbonyl (C=O) groups excluding carboxylic acids is 1. The maximum absolute atomic E-state index is 11.0. The van der Waals surface area contributed by atoms with Crippen LogP contribution in [0.2, 0.25) is 0 Å². The smallest absolute Gasteiger partial charge is 0.265 e. The lowest BCUT2D eigenvalue weighted by molar-refractivity contribution is 0.0953. The van der Waals surface area contributed by atoms with Crippen molar-refractivity contribution in [3.63, 3.8) is 0 Å². The molecule has 0 atom stereocenters. The summed E-state index contributed by atoms with van der Waals surface area (Å²) >= 11 is 0. The van der Waals surface area contributed by atoms with Crippen LogP contribution in [0.5, 0.6) is 5.75 Å². The number of nitrogens with two attached hydrogens (primary N) is 1. The highest BCUT2D eigenvalue weighted by atomic mass is 35.5. The summed E-state index contributed by atoms with van der Waals surface area (Å²) in [5.41, 5.74) is 2.52. The average molecular weight is 203 g/mol. The molecule has 0 aliphatic heterocycles. The zero-order valence-corrected chi connectivity index (χ0v) is 7.93. The van der Waals surface area contributed by atoms with E-state index in [1.807, 2.05) is 5.43 Å². The zero-order chi connectivity index (χ0) is 8.97. The molecule has 0 spiro atoms. The first kappa shape index (κ1) is 11.7. The van der Waals surface area contributed by atoms with Gasteiger partial charge in [-0.2, -0.15) is 0 Å². The van der Waals surface area contributed by atoms with Gasteiger partial charge in [0, 0.05) is 5.56 Å². The fourth-order valence-electron chi connectivity index (χ4n) is 0.848. The van der Waals surface area contributed by atoms with Crippen molar-refractivity contribution < 1.29 is 9.53 Å². The molecule has 3 N–H and O–H groups in total. The maximum Gasteiger partial charge on any atom is 0.265 e. The molecule has 1 aromatic carbocycles. The van der Waals surface area contributed by atoms with E-state index in [2.05, 4.69) is 0 Å². The summed E-state index contributed by atoms with van der Waals surface area (Å²) in [5.74, 6) is 5.27. The second-order valence-corrected chi connectivity index (χ2v) is 2.21. The normalized spacial score (nSPS) is 8.46. The van der Waals surface area contributed by atoms with Crippen molar-refractivity contribution in [2.24, 2.45) is 5.84 Å². The minimum absolute atomic E-state index is 0. The lowest BCUT2D eigenvalue weighted by Gasteiger charge is -2.01. The number of hydrogen-bond donors (Lipinski definition) is 2. The van der Waals surface area contributed by atoms with E-state index in [1.54, 1.807) is 31.4 Å². The fourth-order valence-corrected chi connectivity index (χ4v) is 0.848. The van der Waals surface area contributed by atoms with E-state index in [0.717, 1.165) is 0 Å². The van der Waals surface area contributed by atoms with E-state index < -0.39 is 0 Å². The van der Waals surface area contributed by atoms with Gasteiger partial charge in [0.1, 0.15) is 5.75 Å². The van der Waals surface area contributed by atoms with Gasteiger partial charge in [0.25, 0.3) is 5.91 Å². The highest BCUT2D eigenvalue weighted by Gasteiger charge is 2.02. The quantitative estimate of drug-likeness (QED) is 0.422. The molecule has 0 aliphatic carbocycles. The van der Waals surface area contributed by atoms with Crippen molar-refractivity contribution in [3.8, 4) is 5.75 Å². The molecule has 5 heteroatoms. The standard InChI is InChI=1S/C8H10N2O2.ClH/c1-12-7-4-2-3-6(5-7)8(11)10-9;/h2-5H,9H2,1H3,(H,10,11);1H. The molecule has 1 aromatic rings. The lowest BCUT2D eigenvalue weighted by Crippen LogP contribution is -2.29. The third kappa shape index (κ3) is 2.93. The number of hydrazine groups is 1. The van der Waals surface area contributed by atoms with Crippen molar-refractivity contribution in [2.75, 3.05) is 7.11 Å². The SMILES string of the molecule is COc1cccc(C(=O)NN)c1.Cl. The lowest BCUT2D eigenvalue weighted by atomic mass is 10.2.